The zero-order chi connectivity index (χ0) is 17.1. The first kappa shape index (κ1) is 20.2. The summed E-state index contributed by atoms with van der Waals surface area (Å²) in [5.41, 5.74) is -1.47. The molecule has 2 rings (SSSR count). The zero-order valence-electron chi connectivity index (χ0n) is 14.4. The molecule has 0 saturated carbocycles. The fraction of sp³-hybridized carbons (Fsp3) is 1.00. The highest BCUT2D eigenvalue weighted by Gasteiger charge is 2.46. The van der Waals surface area contributed by atoms with Crippen molar-refractivity contribution in [2.45, 2.75) is 37.9 Å². The van der Waals surface area contributed by atoms with Crippen LogP contribution in [0.1, 0.15) is 26.7 Å². The van der Waals surface area contributed by atoms with Crippen molar-refractivity contribution in [3.63, 3.8) is 0 Å². The SMILES string of the molecule is CCC1(OP(C)(=O)OC2(CC)COP(C)OC2)COP(C)OC1. The van der Waals surface area contributed by atoms with E-state index in [1.807, 2.05) is 27.2 Å². The standard InChI is InChI=1S/C13H27O7P3/c1-6-12(8-15-21(3)16-9-12)19-23(5,14)20-13(7-2)10-17-22(4)18-11-13/h6-11H2,1-5H3. The molecule has 0 aliphatic carbocycles. The summed E-state index contributed by atoms with van der Waals surface area (Å²) in [4.78, 5) is 0. The van der Waals surface area contributed by atoms with E-state index in [4.69, 9.17) is 27.1 Å². The smallest absolute Gasteiger partial charge is 0.329 e. The molecular weight excluding hydrogens is 361 g/mol. The Morgan fingerprint density at radius 3 is 1.43 bits per heavy atom. The molecule has 2 aliphatic rings. The van der Waals surface area contributed by atoms with Crippen LogP contribution >= 0.6 is 24.3 Å². The van der Waals surface area contributed by atoms with Crippen molar-refractivity contribution in [1.29, 1.82) is 0 Å². The minimum atomic E-state index is -3.34. The average Bonchev–Trinajstić information content (AvgIpc) is 2.52. The van der Waals surface area contributed by atoms with Gasteiger partial charge in [-0.3, -0.25) is 13.6 Å². The van der Waals surface area contributed by atoms with Gasteiger partial charge in [0.1, 0.15) is 11.2 Å². The minimum absolute atomic E-state index is 0.360. The molecule has 0 aromatic heterocycles. The maximum atomic E-state index is 13.0. The minimum Gasteiger partial charge on any atom is -0.331 e. The molecule has 0 N–H and O–H groups in total. The van der Waals surface area contributed by atoms with E-state index in [9.17, 15) is 4.57 Å². The van der Waals surface area contributed by atoms with Crippen LogP contribution in [0.2, 0.25) is 0 Å². The second-order valence-corrected chi connectivity index (χ2v) is 10.7. The lowest BCUT2D eigenvalue weighted by molar-refractivity contribution is -0.0879. The van der Waals surface area contributed by atoms with Gasteiger partial charge in [0.25, 0.3) is 0 Å². The molecule has 2 saturated heterocycles. The molecule has 0 unspecified atom stereocenters. The Morgan fingerprint density at radius 1 is 0.870 bits per heavy atom. The van der Waals surface area contributed by atoms with Gasteiger partial charge in [-0.15, -0.1) is 0 Å². The molecule has 136 valence electrons. The van der Waals surface area contributed by atoms with Crippen LogP contribution in [0.15, 0.2) is 0 Å². The van der Waals surface area contributed by atoms with Crippen molar-refractivity contribution in [3.8, 4) is 0 Å². The van der Waals surface area contributed by atoms with Gasteiger partial charge >= 0.3 is 7.60 Å². The summed E-state index contributed by atoms with van der Waals surface area (Å²) >= 11 is 0. The van der Waals surface area contributed by atoms with Crippen LogP contribution in [0.3, 0.4) is 0 Å². The van der Waals surface area contributed by atoms with Crippen LogP contribution < -0.4 is 0 Å². The van der Waals surface area contributed by atoms with Gasteiger partial charge in [0.05, 0.1) is 26.4 Å². The van der Waals surface area contributed by atoms with Crippen molar-refractivity contribution < 1.29 is 31.7 Å². The molecule has 0 amide bonds. The van der Waals surface area contributed by atoms with Crippen LogP contribution in [0, 0.1) is 0 Å². The monoisotopic (exact) mass is 388 g/mol. The first-order valence-corrected chi connectivity index (χ1v) is 13.0. The zero-order valence-corrected chi connectivity index (χ0v) is 17.1. The molecule has 23 heavy (non-hydrogen) atoms. The molecule has 0 aromatic rings. The van der Waals surface area contributed by atoms with Gasteiger partial charge in [0, 0.05) is 20.0 Å². The van der Waals surface area contributed by atoms with E-state index in [2.05, 4.69) is 0 Å². The Labute approximate surface area is 141 Å². The quantitative estimate of drug-likeness (QED) is 0.634. The van der Waals surface area contributed by atoms with Crippen LogP contribution in [-0.4, -0.2) is 57.6 Å². The fourth-order valence-electron chi connectivity index (χ4n) is 2.36. The van der Waals surface area contributed by atoms with Crippen LogP contribution in [-0.2, 0) is 31.7 Å². The molecule has 0 aromatic carbocycles. The van der Waals surface area contributed by atoms with Gasteiger partial charge < -0.3 is 18.1 Å². The highest BCUT2D eigenvalue weighted by Crippen LogP contribution is 2.56. The van der Waals surface area contributed by atoms with Gasteiger partial charge in [-0.1, -0.05) is 13.8 Å². The van der Waals surface area contributed by atoms with Crippen LogP contribution in [0.5, 0.6) is 0 Å². The Morgan fingerprint density at radius 2 is 1.17 bits per heavy atom. The molecule has 2 fully saturated rings. The third-order valence-electron chi connectivity index (χ3n) is 4.05. The fourth-order valence-corrected chi connectivity index (χ4v) is 6.09. The predicted octanol–water partition coefficient (Wildman–Crippen LogP) is 4.12. The Kier molecular flexibility index (Phi) is 7.04. The van der Waals surface area contributed by atoms with E-state index >= 15 is 0 Å². The topological polar surface area (TPSA) is 72.5 Å². The summed E-state index contributed by atoms with van der Waals surface area (Å²) in [6.07, 6.45) is 1.26. The third kappa shape index (κ3) is 5.41. The van der Waals surface area contributed by atoms with Gasteiger partial charge in [-0.25, -0.2) is 0 Å². The first-order valence-electron chi connectivity index (χ1n) is 7.72. The summed E-state index contributed by atoms with van der Waals surface area (Å²) in [7, 11) is -5.10. The van der Waals surface area contributed by atoms with Crippen molar-refractivity contribution >= 4 is 24.3 Å². The van der Waals surface area contributed by atoms with E-state index in [-0.39, 0.29) is 0 Å². The van der Waals surface area contributed by atoms with Crippen LogP contribution in [0.4, 0.5) is 0 Å². The maximum Gasteiger partial charge on any atom is 0.329 e. The van der Waals surface area contributed by atoms with E-state index in [0.29, 0.717) is 39.3 Å². The summed E-state index contributed by atoms with van der Waals surface area (Å²) in [5, 5.41) is 0. The predicted molar refractivity (Wildman–Crippen MR) is 91.2 cm³/mol. The van der Waals surface area contributed by atoms with Crippen LogP contribution in [0.25, 0.3) is 0 Å². The number of hydrogen-bond donors (Lipinski definition) is 0. The molecule has 0 atom stereocenters. The molecule has 2 aliphatic heterocycles. The second kappa shape index (κ2) is 8.03. The largest absolute Gasteiger partial charge is 0.331 e. The van der Waals surface area contributed by atoms with E-state index in [1.54, 1.807) is 0 Å². The summed E-state index contributed by atoms with van der Waals surface area (Å²) in [6, 6.07) is 0. The average molecular weight is 388 g/mol. The Bertz CT molecular complexity index is 395. The molecule has 2 heterocycles. The highest BCUT2D eigenvalue weighted by molar-refractivity contribution is 7.53. The molecule has 10 heteroatoms. The highest BCUT2D eigenvalue weighted by atomic mass is 31.2. The van der Waals surface area contributed by atoms with Crippen molar-refractivity contribution in [3.05, 3.63) is 0 Å². The van der Waals surface area contributed by atoms with Gasteiger partial charge in [-0.2, -0.15) is 0 Å². The third-order valence-corrected chi connectivity index (χ3v) is 7.45. The molecule has 0 radical (unpaired) electrons. The van der Waals surface area contributed by atoms with Crippen molar-refractivity contribution in [2.75, 3.05) is 46.4 Å². The molecule has 0 spiro atoms. The summed E-state index contributed by atoms with van der Waals surface area (Å²) in [5.74, 6) is 0. The normalized spacial score (nSPS) is 41.4. The second-order valence-electron chi connectivity index (χ2n) is 6.00. The van der Waals surface area contributed by atoms with E-state index < -0.39 is 35.5 Å². The summed E-state index contributed by atoms with van der Waals surface area (Å²) < 4.78 is 47.1. The Balaban J connectivity index is 2.03. The lowest BCUT2D eigenvalue weighted by Gasteiger charge is -2.42. The number of rotatable bonds is 6. The maximum absolute atomic E-state index is 13.0. The lowest BCUT2D eigenvalue weighted by atomic mass is 10.0. The van der Waals surface area contributed by atoms with Crippen molar-refractivity contribution in [2.24, 2.45) is 0 Å². The molecular formula is C13H27O7P3. The van der Waals surface area contributed by atoms with E-state index in [1.165, 1.54) is 6.66 Å². The van der Waals surface area contributed by atoms with Gasteiger partial charge in [-0.05, 0) is 12.8 Å². The Hall–Kier alpha value is 0.850. The lowest BCUT2D eigenvalue weighted by Crippen LogP contribution is -2.46. The van der Waals surface area contributed by atoms with Crippen molar-refractivity contribution in [1.82, 2.24) is 0 Å². The van der Waals surface area contributed by atoms with E-state index in [0.717, 1.165) is 0 Å². The first-order chi connectivity index (χ1) is 10.7. The molecule has 7 nitrogen and oxygen atoms in total. The van der Waals surface area contributed by atoms with Gasteiger partial charge in [0.2, 0.25) is 0 Å². The number of hydrogen-bond acceptors (Lipinski definition) is 7. The van der Waals surface area contributed by atoms with Gasteiger partial charge in [0.15, 0.2) is 16.8 Å². The molecule has 0 bridgehead atoms. The summed E-state index contributed by atoms with van der Waals surface area (Å²) in [6.45, 7) is 10.6.